The number of hydrogen-bond acceptors (Lipinski definition) is 4. The van der Waals surface area contributed by atoms with Crippen LogP contribution >= 0.6 is 24.0 Å². The van der Waals surface area contributed by atoms with E-state index in [2.05, 4.69) is 25.9 Å². The Morgan fingerprint density at radius 3 is 2.62 bits per heavy atom. The van der Waals surface area contributed by atoms with Gasteiger partial charge in [-0.25, -0.2) is 0 Å². The van der Waals surface area contributed by atoms with Crippen LogP contribution in [0.15, 0.2) is 53.7 Å². The van der Waals surface area contributed by atoms with Crippen molar-refractivity contribution in [2.45, 2.75) is 31.8 Å². The maximum Gasteiger partial charge on any atom is 0.258 e. The predicted octanol–water partition coefficient (Wildman–Crippen LogP) is 2.26. The maximum absolute atomic E-state index is 11.6. The first-order chi connectivity index (χ1) is 13.7. The van der Waals surface area contributed by atoms with Gasteiger partial charge in [0.25, 0.3) is 5.91 Å². The highest BCUT2D eigenvalue weighted by Crippen LogP contribution is 2.18. The molecule has 3 N–H and O–H groups in total. The molecule has 1 saturated carbocycles. The minimum Gasteiger partial charge on any atom is -0.484 e. The molecule has 1 aromatic carbocycles. The fraction of sp³-hybridized carbons (Fsp3) is 0.381. The van der Waals surface area contributed by atoms with Crippen molar-refractivity contribution >= 4 is 35.8 Å². The van der Waals surface area contributed by atoms with E-state index in [1.54, 1.807) is 13.2 Å². The second-order valence-corrected chi connectivity index (χ2v) is 6.70. The number of aromatic nitrogens is 1. The molecule has 0 unspecified atom stereocenters. The van der Waals surface area contributed by atoms with Crippen molar-refractivity contribution in [3.8, 4) is 5.75 Å². The standard InChI is InChI=1S/C21H27N5O2.HI/c1-22-21(25-14-18-4-2-3-12-23-18)24-13-11-16-5-9-19(10-6-16)28-15-20(27)26-17-7-8-17;/h2-6,9-10,12,17H,7-8,11,13-15H2,1H3,(H,26,27)(H2,22,24,25);1H. The molecular formula is C21H28IN5O2. The largest absolute Gasteiger partial charge is 0.484 e. The van der Waals surface area contributed by atoms with Crippen molar-refractivity contribution in [1.82, 2.24) is 20.9 Å². The van der Waals surface area contributed by atoms with Crippen molar-refractivity contribution in [3.63, 3.8) is 0 Å². The van der Waals surface area contributed by atoms with Crippen LogP contribution < -0.4 is 20.7 Å². The number of benzene rings is 1. The van der Waals surface area contributed by atoms with Crippen LogP contribution in [0.25, 0.3) is 0 Å². The number of carbonyl (C=O) groups is 1. The second-order valence-electron chi connectivity index (χ2n) is 6.70. The number of amides is 1. The van der Waals surface area contributed by atoms with E-state index in [9.17, 15) is 4.79 Å². The van der Waals surface area contributed by atoms with Gasteiger partial charge < -0.3 is 20.7 Å². The van der Waals surface area contributed by atoms with Gasteiger partial charge in [-0.2, -0.15) is 0 Å². The summed E-state index contributed by atoms with van der Waals surface area (Å²) in [6.45, 7) is 1.45. The summed E-state index contributed by atoms with van der Waals surface area (Å²) >= 11 is 0. The van der Waals surface area contributed by atoms with Crippen LogP contribution in [0.4, 0.5) is 0 Å². The molecule has 0 radical (unpaired) electrons. The van der Waals surface area contributed by atoms with Crippen LogP contribution in [0.5, 0.6) is 5.75 Å². The zero-order chi connectivity index (χ0) is 19.6. The van der Waals surface area contributed by atoms with Gasteiger partial charge in [0.1, 0.15) is 5.75 Å². The Morgan fingerprint density at radius 1 is 1.17 bits per heavy atom. The van der Waals surface area contributed by atoms with Gasteiger partial charge in [-0.3, -0.25) is 14.8 Å². The summed E-state index contributed by atoms with van der Waals surface area (Å²) in [5.41, 5.74) is 2.15. The molecule has 0 spiro atoms. The molecule has 2 aromatic rings. The first-order valence-corrected chi connectivity index (χ1v) is 9.58. The lowest BCUT2D eigenvalue weighted by Crippen LogP contribution is -2.38. The van der Waals surface area contributed by atoms with E-state index in [4.69, 9.17) is 4.74 Å². The molecule has 0 atom stereocenters. The Balaban J connectivity index is 0.00000300. The molecule has 3 rings (SSSR count). The minimum atomic E-state index is -0.0552. The maximum atomic E-state index is 11.6. The molecule has 0 bridgehead atoms. The lowest BCUT2D eigenvalue weighted by atomic mass is 10.1. The molecule has 0 saturated heterocycles. The number of hydrogen-bond donors (Lipinski definition) is 3. The number of rotatable bonds is 9. The van der Waals surface area contributed by atoms with Gasteiger partial charge in [0.2, 0.25) is 0 Å². The Bertz CT molecular complexity index is 779. The van der Waals surface area contributed by atoms with E-state index >= 15 is 0 Å². The van der Waals surface area contributed by atoms with Crippen molar-refractivity contribution < 1.29 is 9.53 Å². The van der Waals surface area contributed by atoms with E-state index in [1.165, 1.54) is 5.56 Å². The minimum absolute atomic E-state index is 0. The third kappa shape index (κ3) is 8.68. The molecule has 1 amide bonds. The summed E-state index contributed by atoms with van der Waals surface area (Å²) in [4.78, 5) is 20.2. The highest BCUT2D eigenvalue weighted by atomic mass is 127. The summed E-state index contributed by atoms with van der Waals surface area (Å²) < 4.78 is 5.52. The second kappa shape index (κ2) is 12.3. The fourth-order valence-corrected chi connectivity index (χ4v) is 2.62. The van der Waals surface area contributed by atoms with Gasteiger partial charge in [-0.05, 0) is 49.1 Å². The number of guanidine groups is 1. The normalized spacial score (nSPS) is 13.2. The SMILES string of the molecule is CN=C(NCCc1ccc(OCC(=O)NC2CC2)cc1)NCc1ccccn1.I. The molecule has 1 fully saturated rings. The molecule has 1 heterocycles. The molecule has 156 valence electrons. The number of nitrogens with one attached hydrogen (secondary N) is 3. The number of aliphatic imine (C=N–C) groups is 1. The van der Waals surface area contributed by atoms with Crippen LogP contribution in [-0.2, 0) is 17.8 Å². The Kier molecular flexibility index (Phi) is 9.69. The zero-order valence-corrected chi connectivity index (χ0v) is 18.9. The molecule has 8 heteroatoms. The highest BCUT2D eigenvalue weighted by Gasteiger charge is 2.23. The number of pyridine rings is 1. The van der Waals surface area contributed by atoms with Gasteiger partial charge in [0.05, 0.1) is 12.2 Å². The summed E-state index contributed by atoms with van der Waals surface area (Å²) in [5, 5.41) is 9.45. The predicted molar refractivity (Wildman–Crippen MR) is 125 cm³/mol. The molecule has 1 aliphatic carbocycles. The van der Waals surface area contributed by atoms with Crippen molar-refractivity contribution in [2.24, 2.45) is 4.99 Å². The van der Waals surface area contributed by atoms with Gasteiger partial charge >= 0.3 is 0 Å². The molecule has 1 aromatic heterocycles. The summed E-state index contributed by atoms with van der Waals surface area (Å²) in [6.07, 6.45) is 4.79. The Hall–Kier alpha value is -2.36. The summed E-state index contributed by atoms with van der Waals surface area (Å²) in [7, 11) is 1.75. The van der Waals surface area contributed by atoms with E-state index in [1.807, 2.05) is 42.5 Å². The van der Waals surface area contributed by atoms with Gasteiger partial charge in [0, 0.05) is 25.8 Å². The van der Waals surface area contributed by atoms with Crippen LogP contribution in [-0.4, -0.2) is 43.1 Å². The first kappa shape index (κ1) is 22.9. The molecular weight excluding hydrogens is 481 g/mol. The quantitative estimate of drug-likeness (QED) is 0.274. The Labute approximate surface area is 188 Å². The van der Waals surface area contributed by atoms with Crippen molar-refractivity contribution in [3.05, 3.63) is 59.9 Å². The topological polar surface area (TPSA) is 87.6 Å². The van der Waals surface area contributed by atoms with E-state index in [0.717, 1.165) is 37.5 Å². The summed E-state index contributed by atoms with van der Waals surface area (Å²) in [6, 6.07) is 14.0. The third-order valence-electron chi connectivity index (χ3n) is 4.33. The van der Waals surface area contributed by atoms with E-state index in [-0.39, 0.29) is 36.5 Å². The van der Waals surface area contributed by atoms with Gasteiger partial charge in [-0.15, -0.1) is 24.0 Å². The third-order valence-corrected chi connectivity index (χ3v) is 4.33. The smallest absolute Gasteiger partial charge is 0.258 e. The molecule has 1 aliphatic rings. The van der Waals surface area contributed by atoms with Crippen LogP contribution in [0.3, 0.4) is 0 Å². The monoisotopic (exact) mass is 509 g/mol. The first-order valence-electron chi connectivity index (χ1n) is 9.58. The van der Waals surface area contributed by atoms with Gasteiger partial charge in [-0.1, -0.05) is 18.2 Å². The average molecular weight is 509 g/mol. The zero-order valence-electron chi connectivity index (χ0n) is 16.6. The van der Waals surface area contributed by atoms with Crippen LogP contribution in [0.1, 0.15) is 24.1 Å². The van der Waals surface area contributed by atoms with Crippen molar-refractivity contribution in [1.29, 1.82) is 0 Å². The van der Waals surface area contributed by atoms with Gasteiger partial charge in [0.15, 0.2) is 12.6 Å². The molecule has 29 heavy (non-hydrogen) atoms. The van der Waals surface area contributed by atoms with E-state index < -0.39 is 0 Å². The number of nitrogens with zero attached hydrogens (tertiary/aromatic N) is 2. The lowest BCUT2D eigenvalue weighted by Gasteiger charge is -2.12. The highest BCUT2D eigenvalue weighted by molar-refractivity contribution is 14.0. The molecule has 0 aliphatic heterocycles. The average Bonchev–Trinajstić information content (AvgIpc) is 3.54. The lowest BCUT2D eigenvalue weighted by molar-refractivity contribution is -0.123. The van der Waals surface area contributed by atoms with E-state index in [0.29, 0.717) is 18.3 Å². The fourth-order valence-electron chi connectivity index (χ4n) is 2.62. The number of carbonyl (C=O) groups excluding carboxylic acids is 1. The van der Waals surface area contributed by atoms with Crippen LogP contribution in [0, 0.1) is 0 Å². The van der Waals surface area contributed by atoms with Crippen molar-refractivity contribution in [2.75, 3.05) is 20.2 Å². The number of halogens is 1. The van der Waals surface area contributed by atoms with Crippen LogP contribution in [0.2, 0.25) is 0 Å². The molecule has 7 nitrogen and oxygen atoms in total. The Morgan fingerprint density at radius 2 is 1.97 bits per heavy atom. The summed E-state index contributed by atoms with van der Waals surface area (Å²) in [5.74, 6) is 1.39. The number of ether oxygens (including phenoxy) is 1.